The molecular weight excluding hydrogens is 225 g/mol. The number of carbonyl (C=O) groups is 1. The Morgan fingerprint density at radius 1 is 1.56 bits per heavy atom. The molecule has 0 saturated heterocycles. The zero-order valence-corrected chi connectivity index (χ0v) is 8.37. The van der Waals surface area contributed by atoms with Crippen LogP contribution in [0.5, 0.6) is 0 Å². The van der Waals surface area contributed by atoms with E-state index in [9.17, 15) is 18.0 Å². The molecule has 0 aromatic rings. The third-order valence-electron chi connectivity index (χ3n) is 2.30. The topological polar surface area (TPSA) is 75.4 Å². The predicted molar refractivity (Wildman–Crippen MR) is 50.3 cm³/mol. The highest BCUT2D eigenvalue weighted by Gasteiger charge is 2.38. The first-order chi connectivity index (χ1) is 7.30. The molecule has 0 radical (unpaired) electrons. The van der Waals surface area contributed by atoms with Gasteiger partial charge in [0.15, 0.2) is 6.10 Å². The van der Waals surface area contributed by atoms with Crippen molar-refractivity contribution in [1.29, 1.82) is 0 Å². The normalized spacial score (nSPS) is 26.8. The van der Waals surface area contributed by atoms with Gasteiger partial charge in [-0.3, -0.25) is 4.79 Å². The highest BCUT2D eigenvalue weighted by Crippen LogP contribution is 2.20. The van der Waals surface area contributed by atoms with Crippen molar-refractivity contribution in [3.8, 4) is 0 Å². The highest BCUT2D eigenvalue weighted by atomic mass is 19.4. The average molecular weight is 238 g/mol. The van der Waals surface area contributed by atoms with Crippen LogP contribution in [0.1, 0.15) is 6.42 Å². The van der Waals surface area contributed by atoms with E-state index in [-0.39, 0.29) is 6.04 Å². The minimum absolute atomic E-state index is 0.233. The van der Waals surface area contributed by atoms with Gasteiger partial charge in [-0.2, -0.15) is 13.2 Å². The maximum Gasteiger partial charge on any atom is 0.416 e. The summed E-state index contributed by atoms with van der Waals surface area (Å²) in [5, 5.41) is 10.7. The third-order valence-corrected chi connectivity index (χ3v) is 2.30. The highest BCUT2D eigenvalue weighted by molar-refractivity contribution is 5.81. The molecule has 1 aliphatic carbocycles. The van der Waals surface area contributed by atoms with Gasteiger partial charge in [-0.15, -0.1) is 0 Å². The fourth-order valence-corrected chi connectivity index (χ4v) is 1.37. The molecule has 0 saturated carbocycles. The minimum atomic E-state index is -4.71. The Morgan fingerprint density at radius 3 is 2.62 bits per heavy atom. The molecule has 0 aliphatic heterocycles. The molecule has 1 aliphatic rings. The summed E-state index contributed by atoms with van der Waals surface area (Å²) in [6, 6.07) is -0.233. The second-order valence-corrected chi connectivity index (χ2v) is 3.69. The Hall–Kier alpha value is -1.08. The molecule has 3 atom stereocenters. The Morgan fingerprint density at radius 2 is 2.19 bits per heavy atom. The number of aliphatic hydroxyl groups is 1. The lowest BCUT2D eigenvalue weighted by Crippen LogP contribution is -2.42. The fourth-order valence-electron chi connectivity index (χ4n) is 1.37. The van der Waals surface area contributed by atoms with Gasteiger partial charge >= 0.3 is 6.18 Å². The van der Waals surface area contributed by atoms with E-state index in [0.29, 0.717) is 6.42 Å². The summed E-state index contributed by atoms with van der Waals surface area (Å²) in [4.78, 5) is 11.3. The van der Waals surface area contributed by atoms with Crippen molar-refractivity contribution in [1.82, 2.24) is 5.32 Å². The molecule has 0 spiro atoms. The second kappa shape index (κ2) is 4.84. The van der Waals surface area contributed by atoms with Crippen LogP contribution >= 0.6 is 0 Å². The average Bonchev–Trinajstić information content (AvgIpc) is 2.59. The van der Waals surface area contributed by atoms with Crippen molar-refractivity contribution in [2.45, 2.75) is 24.7 Å². The molecule has 7 heteroatoms. The van der Waals surface area contributed by atoms with Crippen molar-refractivity contribution in [3.63, 3.8) is 0 Å². The first kappa shape index (κ1) is 13.0. The summed E-state index contributed by atoms with van der Waals surface area (Å²) in [6.45, 7) is -0.831. The number of alkyl halides is 3. The van der Waals surface area contributed by atoms with E-state index in [1.54, 1.807) is 12.2 Å². The number of hydrogen-bond donors (Lipinski definition) is 3. The molecule has 92 valence electrons. The first-order valence-electron chi connectivity index (χ1n) is 4.77. The number of nitrogens with one attached hydrogen (secondary N) is 1. The molecule has 4 nitrogen and oxygen atoms in total. The lowest BCUT2D eigenvalue weighted by Gasteiger charge is -2.16. The van der Waals surface area contributed by atoms with E-state index in [2.05, 4.69) is 0 Å². The Labute approximate surface area is 90.3 Å². The van der Waals surface area contributed by atoms with E-state index in [0.717, 1.165) is 0 Å². The summed E-state index contributed by atoms with van der Waals surface area (Å²) in [6.07, 6.45) is -3.68. The molecule has 16 heavy (non-hydrogen) atoms. The lowest BCUT2D eigenvalue weighted by molar-refractivity contribution is -0.201. The van der Waals surface area contributed by atoms with Gasteiger partial charge in [0.25, 0.3) is 0 Å². The number of hydrogen-bond acceptors (Lipinski definition) is 3. The van der Waals surface area contributed by atoms with E-state index in [4.69, 9.17) is 10.8 Å². The quantitative estimate of drug-likeness (QED) is 0.602. The molecule has 0 aromatic carbocycles. The Kier molecular flexibility index (Phi) is 3.93. The minimum Gasteiger partial charge on any atom is -0.382 e. The van der Waals surface area contributed by atoms with E-state index < -0.39 is 30.7 Å². The van der Waals surface area contributed by atoms with Crippen molar-refractivity contribution in [2.24, 2.45) is 11.7 Å². The number of rotatable bonds is 3. The molecule has 1 amide bonds. The number of halogens is 3. The van der Waals surface area contributed by atoms with Crippen LogP contribution in [0, 0.1) is 5.92 Å². The standard InChI is InChI=1S/C9H13F3N2O2/c10-9(11,12)7(15)4-14-8(16)5-1-2-6(13)3-5/h1-2,5-7,15H,3-4,13H2,(H,14,16). The second-order valence-electron chi connectivity index (χ2n) is 3.69. The molecule has 0 bridgehead atoms. The van der Waals surface area contributed by atoms with Crippen molar-refractivity contribution >= 4 is 5.91 Å². The van der Waals surface area contributed by atoms with E-state index >= 15 is 0 Å². The summed E-state index contributed by atoms with van der Waals surface area (Å²) in [5.41, 5.74) is 5.49. The van der Waals surface area contributed by atoms with Crippen molar-refractivity contribution in [3.05, 3.63) is 12.2 Å². The lowest BCUT2D eigenvalue weighted by atomic mass is 10.1. The van der Waals surface area contributed by atoms with Crippen LogP contribution in [-0.2, 0) is 4.79 Å². The molecule has 4 N–H and O–H groups in total. The van der Waals surface area contributed by atoms with Gasteiger partial charge in [0.05, 0.1) is 12.5 Å². The van der Waals surface area contributed by atoms with Gasteiger partial charge in [-0.05, 0) is 6.42 Å². The zero-order chi connectivity index (χ0) is 12.3. The van der Waals surface area contributed by atoms with Crippen molar-refractivity contribution < 1.29 is 23.1 Å². The fraction of sp³-hybridized carbons (Fsp3) is 0.667. The van der Waals surface area contributed by atoms with Gasteiger partial charge in [0.2, 0.25) is 5.91 Å². The van der Waals surface area contributed by atoms with E-state index in [1.807, 2.05) is 5.32 Å². The smallest absolute Gasteiger partial charge is 0.382 e. The maximum absolute atomic E-state index is 11.9. The molecule has 0 heterocycles. The molecule has 1 rings (SSSR count). The van der Waals surface area contributed by atoms with Crippen LogP contribution in [-0.4, -0.2) is 35.9 Å². The van der Waals surface area contributed by atoms with E-state index in [1.165, 1.54) is 0 Å². The number of aliphatic hydroxyl groups excluding tert-OH is 1. The largest absolute Gasteiger partial charge is 0.416 e. The van der Waals surface area contributed by atoms with Gasteiger partial charge < -0.3 is 16.2 Å². The maximum atomic E-state index is 11.9. The van der Waals surface area contributed by atoms with Gasteiger partial charge in [0.1, 0.15) is 0 Å². The van der Waals surface area contributed by atoms with Crippen molar-refractivity contribution in [2.75, 3.05) is 6.54 Å². The molecular formula is C9H13F3N2O2. The summed E-state index contributed by atoms with van der Waals surface area (Å²) >= 11 is 0. The SMILES string of the molecule is NC1C=CC(C(=O)NCC(O)C(F)(F)F)C1. The molecule has 3 unspecified atom stereocenters. The number of amides is 1. The molecule has 0 aromatic heterocycles. The van der Waals surface area contributed by atoms with Crippen LogP contribution in [0.3, 0.4) is 0 Å². The third kappa shape index (κ3) is 3.49. The zero-order valence-electron chi connectivity index (χ0n) is 8.37. The first-order valence-corrected chi connectivity index (χ1v) is 4.77. The van der Waals surface area contributed by atoms with Crippen LogP contribution in [0.15, 0.2) is 12.2 Å². The number of nitrogens with two attached hydrogens (primary N) is 1. The predicted octanol–water partition coefficient (Wildman–Crippen LogP) is -0.0708. The Balaban J connectivity index is 2.34. The van der Waals surface area contributed by atoms with Crippen LogP contribution in [0.4, 0.5) is 13.2 Å². The van der Waals surface area contributed by atoms with Crippen LogP contribution in [0.2, 0.25) is 0 Å². The Bertz CT molecular complexity index is 291. The summed E-state index contributed by atoms with van der Waals surface area (Å²) in [7, 11) is 0. The van der Waals surface area contributed by atoms with Gasteiger partial charge in [-0.25, -0.2) is 0 Å². The molecule has 0 fully saturated rings. The monoisotopic (exact) mass is 238 g/mol. The van der Waals surface area contributed by atoms with Crippen LogP contribution < -0.4 is 11.1 Å². The summed E-state index contributed by atoms with van der Waals surface area (Å²) < 4.78 is 35.7. The van der Waals surface area contributed by atoms with Gasteiger partial charge in [0, 0.05) is 6.04 Å². The van der Waals surface area contributed by atoms with Gasteiger partial charge in [-0.1, -0.05) is 12.2 Å². The summed E-state index contributed by atoms with van der Waals surface area (Å²) in [5.74, 6) is -1.05. The van der Waals surface area contributed by atoms with Crippen LogP contribution in [0.25, 0.3) is 0 Å². The number of carbonyl (C=O) groups excluding carboxylic acids is 1.